The fraction of sp³-hybridized carbons (Fsp3) is 0.419. The molecule has 126 heavy (non-hydrogen) atoms. The number of nitrogens with zero attached hydrogens (tertiary/aromatic N) is 2. The van der Waals surface area contributed by atoms with Crippen molar-refractivity contribution in [3.8, 4) is 66.8 Å². The van der Waals surface area contributed by atoms with Crippen molar-refractivity contribution in [2.45, 2.75) is 287 Å². The van der Waals surface area contributed by atoms with Crippen LogP contribution in [0.1, 0.15) is 332 Å². The molecule has 0 bridgehead atoms. The first-order chi connectivity index (χ1) is 60.0. The van der Waals surface area contributed by atoms with E-state index in [0.717, 1.165) is 23.7 Å². The van der Waals surface area contributed by atoms with Gasteiger partial charge in [0.2, 0.25) is 0 Å². The lowest BCUT2D eigenvalue weighted by atomic mass is 9.63. The van der Waals surface area contributed by atoms with Gasteiger partial charge in [0.05, 0.1) is 11.4 Å². The second-order valence-corrected chi connectivity index (χ2v) is 46.7. The molecule has 20 rings (SSSR count). The molecule has 8 aliphatic rings. The molecule has 4 fully saturated rings. The van der Waals surface area contributed by atoms with Gasteiger partial charge < -0.3 is 9.80 Å². The van der Waals surface area contributed by atoms with Gasteiger partial charge in [0.25, 0.3) is 0 Å². The molecule has 0 saturated heterocycles. The molecule has 2 heteroatoms. The van der Waals surface area contributed by atoms with Crippen LogP contribution in [0.2, 0.25) is 0 Å². The molecule has 0 atom stereocenters. The van der Waals surface area contributed by atoms with Crippen LogP contribution >= 0.6 is 0 Å². The second-order valence-electron chi connectivity index (χ2n) is 46.7. The standard InChI is InChI=1S/C72H89N.C52H53N/c1-68(2,3)51-33-25-47(26-34-51)59-43-50(44-60(48-27-35-52(36-28-48)69(4,5)6)66(59)49-29-37-53(38-30-49)70(7,8)9)46-31-39-54(40-32-46)73(55-41-42-57-56-19-14-16-21-61(56)72(12,13)64(57)45-55)65-24-18-23-63-67(65)58-20-15-17-22-62(58)71(63,10)11;1-50(2,3)38-27-23-36(24-28-38)34-19-21-35(22-20-34)37-25-29-39(30-26-37)53(40-31-32-42-41-13-8-10-15-44(41)52(6,7)47(42)33-40)48-18-12-17-46-49(48)43-14-9-11-16-45(43)51(46,4)5/h14-24,31-32,39-45,47-49,51-53H,25-30,33-38H2,1-13H3;8-22,25-26,29-33,36,38H,23-24,27-28H2,1-7H3. The summed E-state index contributed by atoms with van der Waals surface area (Å²) < 4.78 is 0. The summed E-state index contributed by atoms with van der Waals surface area (Å²) in [5, 5.41) is 0. The van der Waals surface area contributed by atoms with Crippen LogP contribution in [0.15, 0.2) is 255 Å². The van der Waals surface area contributed by atoms with Gasteiger partial charge >= 0.3 is 0 Å². The number of hydrogen-bond acceptors (Lipinski definition) is 2. The van der Waals surface area contributed by atoms with Gasteiger partial charge in [-0.15, -0.1) is 0 Å². The average molecular weight is 1660 g/mol. The first kappa shape index (κ1) is 85.7. The van der Waals surface area contributed by atoms with Crippen LogP contribution in [-0.4, -0.2) is 0 Å². The first-order valence-electron chi connectivity index (χ1n) is 49.1. The number of rotatable bonds is 12. The molecule has 4 saturated carbocycles. The fourth-order valence-corrected chi connectivity index (χ4v) is 26.0. The van der Waals surface area contributed by atoms with E-state index in [1.54, 1.807) is 11.1 Å². The summed E-state index contributed by atoms with van der Waals surface area (Å²) in [5.41, 5.74) is 42.7. The summed E-state index contributed by atoms with van der Waals surface area (Å²) in [6.07, 6.45) is 21.4. The van der Waals surface area contributed by atoms with E-state index in [4.69, 9.17) is 0 Å². The quantitative estimate of drug-likeness (QED) is 0.120. The average Bonchev–Trinajstić information content (AvgIpc) is 1.56. The minimum absolute atomic E-state index is 0.0723. The van der Waals surface area contributed by atoms with Gasteiger partial charge in [0.1, 0.15) is 0 Å². The third kappa shape index (κ3) is 15.2. The smallest absolute Gasteiger partial charge is 0.0543 e. The van der Waals surface area contributed by atoms with Gasteiger partial charge in [-0.2, -0.15) is 0 Å². The highest BCUT2D eigenvalue weighted by Crippen LogP contribution is 2.61. The Balaban J connectivity index is 0.000000173. The van der Waals surface area contributed by atoms with Gasteiger partial charge in [-0.3, -0.25) is 0 Å². The Bertz CT molecular complexity index is 5990. The van der Waals surface area contributed by atoms with E-state index in [1.165, 1.54) is 254 Å². The lowest BCUT2D eigenvalue weighted by molar-refractivity contribution is 0.161. The molecular formula is C124H142N2. The van der Waals surface area contributed by atoms with Crippen molar-refractivity contribution in [3.63, 3.8) is 0 Å². The van der Waals surface area contributed by atoms with Crippen molar-refractivity contribution in [1.82, 2.24) is 0 Å². The van der Waals surface area contributed by atoms with E-state index in [-0.39, 0.29) is 21.7 Å². The molecule has 0 heterocycles. The molecule has 0 spiro atoms. The number of hydrogen-bond donors (Lipinski definition) is 0. The van der Waals surface area contributed by atoms with E-state index in [9.17, 15) is 0 Å². The largest absolute Gasteiger partial charge is 0.310 e. The van der Waals surface area contributed by atoms with E-state index in [2.05, 4.69) is 403 Å². The summed E-state index contributed by atoms with van der Waals surface area (Å²) >= 11 is 0. The van der Waals surface area contributed by atoms with Crippen LogP contribution in [0.5, 0.6) is 0 Å². The molecule has 8 aliphatic carbocycles. The van der Waals surface area contributed by atoms with Gasteiger partial charge in [-0.1, -0.05) is 333 Å². The molecule has 0 amide bonds. The van der Waals surface area contributed by atoms with Crippen LogP contribution in [0.4, 0.5) is 34.1 Å². The predicted molar refractivity (Wildman–Crippen MR) is 540 cm³/mol. The summed E-state index contributed by atoms with van der Waals surface area (Å²) in [7, 11) is 0. The van der Waals surface area contributed by atoms with E-state index >= 15 is 0 Å². The van der Waals surface area contributed by atoms with Gasteiger partial charge in [-0.25, -0.2) is 0 Å². The van der Waals surface area contributed by atoms with Crippen LogP contribution in [0, 0.1) is 45.3 Å². The van der Waals surface area contributed by atoms with Crippen molar-refractivity contribution in [2.75, 3.05) is 9.80 Å². The van der Waals surface area contributed by atoms with E-state index < -0.39 is 0 Å². The molecule has 2 nitrogen and oxygen atoms in total. The zero-order chi connectivity index (χ0) is 88.1. The van der Waals surface area contributed by atoms with Gasteiger partial charge in [0.15, 0.2) is 0 Å². The monoisotopic (exact) mass is 1660 g/mol. The third-order valence-corrected chi connectivity index (χ3v) is 33.9. The SMILES string of the molecule is CC1(C)c2ccccc2-c2ccc(N(c3ccc(-c4cc(C5CCC(C(C)(C)C)CC5)c(C5CCC(C(C)(C)C)CC5)c(C5CCC(C(C)(C)C)CC5)c4)cc3)c3cccc4c3-c3ccccc3C4(C)C)cc21.CC1(C)c2ccccc2-c2ccc(N(c3ccc(-c4ccc(C5CCC(C(C)(C)C)CC5)cc4)cc3)c3cccc4c3-c3ccccc3C4(C)C)cc21. The molecule has 0 unspecified atom stereocenters. The normalized spacial score (nSPS) is 22.2. The Labute approximate surface area is 759 Å². The number of anilines is 6. The van der Waals surface area contributed by atoms with Crippen molar-refractivity contribution in [3.05, 3.63) is 322 Å². The molecule has 0 radical (unpaired) electrons. The van der Waals surface area contributed by atoms with E-state index in [0.29, 0.717) is 45.3 Å². The summed E-state index contributed by atoms with van der Waals surface area (Å²) in [6.45, 7) is 48.8. The molecular weight excluding hydrogens is 1520 g/mol. The summed E-state index contributed by atoms with van der Waals surface area (Å²) in [5.74, 6) is 5.89. The zero-order valence-corrected chi connectivity index (χ0v) is 80.1. The Morgan fingerprint density at radius 1 is 0.222 bits per heavy atom. The van der Waals surface area contributed by atoms with Crippen molar-refractivity contribution >= 4 is 34.1 Å². The van der Waals surface area contributed by atoms with Crippen molar-refractivity contribution in [2.24, 2.45) is 45.3 Å². The summed E-state index contributed by atoms with van der Waals surface area (Å²) in [4.78, 5) is 5.10. The third-order valence-electron chi connectivity index (χ3n) is 33.9. The van der Waals surface area contributed by atoms with Crippen LogP contribution < -0.4 is 9.80 Å². The minimum atomic E-state index is -0.101. The van der Waals surface area contributed by atoms with Crippen LogP contribution in [0.25, 0.3) is 66.8 Å². The topological polar surface area (TPSA) is 6.48 Å². The highest BCUT2D eigenvalue weighted by Gasteiger charge is 2.45. The highest BCUT2D eigenvalue weighted by atomic mass is 15.2. The second kappa shape index (κ2) is 32.2. The number of benzene rings is 12. The maximum Gasteiger partial charge on any atom is 0.0543 e. The minimum Gasteiger partial charge on any atom is -0.310 e. The van der Waals surface area contributed by atoms with Gasteiger partial charge in [-0.05, 0) is 355 Å². The van der Waals surface area contributed by atoms with Crippen LogP contribution in [-0.2, 0) is 21.7 Å². The fourth-order valence-electron chi connectivity index (χ4n) is 26.0. The number of fused-ring (bicyclic) bond motifs is 12. The Morgan fingerprint density at radius 3 is 0.841 bits per heavy atom. The Morgan fingerprint density at radius 2 is 0.492 bits per heavy atom. The van der Waals surface area contributed by atoms with Crippen molar-refractivity contribution < 1.29 is 0 Å². The lowest BCUT2D eigenvalue weighted by Crippen LogP contribution is -2.29. The summed E-state index contributed by atoms with van der Waals surface area (Å²) in [6, 6.07) is 98.8. The lowest BCUT2D eigenvalue weighted by Gasteiger charge is -2.42. The molecule has 0 N–H and O–H groups in total. The predicted octanol–water partition coefficient (Wildman–Crippen LogP) is 36.2. The Kier molecular flexibility index (Phi) is 21.9. The molecule has 648 valence electrons. The van der Waals surface area contributed by atoms with Crippen molar-refractivity contribution in [1.29, 1.82) is 0 Å². The Hall–Kier alpha value is -9.76. The van der Waals surface area contributed by atoms with Gasteiger partial charge in [0, 0.05) is 55.5 Å². The molecule has 0 aromatic heterocycles. The maximum atomic E-state index is 2.76. The highest BCUT2D eigenvalue weighted by molar-refractivity contribution is 5.98. The maximum absolute atomic E-state index is 2.76. The van der Waals surface area contributed by atoms with Crippen LogP contribution in [0.3, 0.4) is 0 Å². The first-order valence-corrected chi connectivity index (χ1v) is 49.1. The molecule has 12 aromatic rings. The van der Waals surface area contributed by atoms with E-state index in [1.807, 2.05) is 5.56 Å². The molecule has 12 aromatic carbocycles. The zero-order valence-electron chi connectivity index (χ0n) is 80.1. The molecule has 0 aliphatic heterocycles.